The number of hydrogen-bond acceptors (Lipinski definition) is 4. The molecule has 0 saturated carbocycles. The van der Waals surface area contributed by atoms with Gasteiger partial charge < -0.3 is 0 Å². The normalized spacial score (nSPS) is 17.0. The maximum Gasteiger partial charge on any atom is 0.159 e. The highest BCUT2D eigenvalue weighted by Crippen LogP contribution is 2.30. The van der Waals surface area contributed by atoms with E-state index in [2.05, 4.69) is 23.7 Å². The first-order valence-electron chi connectivity index (χ1n) is 7.31. The van der Waals surface area contributed by atoms with E-state index in [0.717, 1.165) is 36.6 Å². The van der Waals surface area contributed by atoms with Crippen LogP contribution in [0.1, 0.15) is 50.2 Å². The second kappa shape index (κ2) is 6.14. The van der Waals surface area contributed by atoms with Crippen LogP contribution < -0.4 is 0 Å². The number of hydrogen-bond donors (Lipinski definition) is 0. The average Bonchev–Trinajstić information content (AvgIpc) is 3.04. The van der Waals surface area contributed by atoms with Gasteiger partial charge in [0, 0.05) is 11.1 Å². The van der Waals surface area contributed by atoms with Gasteiger partial charge in [0.15, 0.2) is 5.78 Å². The first-order valence-corrected chi connectivity index (χ1v) is 8.19. The predicted octanol–water partition coefficient (Wildman–Crippen LogP) is 3.22. The minimum absolute atomic E-state index is 0.254. The monoisotopic (exact) mass is 280 g/mol. The van der Waals surface area contributed by atoms with Gasteiger partial charge in [0.25, 0.3) is 0 Å². The molecule has 1 saturated heterocycles. The molecule has 0 radical (unpaired) electrons. The van der Waals surface area contributed by atoms with Gasteiger partial charge in [-0.05, 0) is 45.7 Å². The van der Waals surface area contributed by atoms with Gasteiger partial charge in [-0.1, -0.05) is 13.8 Å². The van der Waals surface area contributed by atoms with Crippen LogP contribution in [0.4, 0.5) is 0 Å². The zero-order valence-corrected chi connectivity index (χ0v) is 13.1. The number of ketones is 1. The molecule has 2 heterocycles. The number of aryl methyl sites for hydroxylation is 1. The molecular formula is C15H24N2OS. The molecule has 0 bridgehead atoms. The third-order valence-electron chi connectivity index (χ3n) is 4.38. The molecule has 106 valence electrons. The van der Waals surface area contributed by atoms with Gasteiger partial charge in [0.05, 0.1) is 12.0 Å². The Morgan fingerprint density at radius 2 is 2.00 bits per heavy atom. The van der Waals surface area contributed by atoms with Crippen molar-refractivity contribution in [3.05, 3.63) is 16.1 Å². The molecule has 0 unspecified atom stereocenters. The maximum absolute atomic E-state index is 12.8. The summed E-state index contributed by atoms with van der Waals surface area (Å²) in [4.78, 5) is 19.7. The summed E-state index contributed by atoms with van der Waals surface area (Å²) in [5.74, 6) is 0.355. The molecule has 4 heteroatoms. The minimum Gasteiger partial charge on any atom is -0.297 e. The van der Waals surface area contributed by atoms with Crippen LogP contribution in [0.25, 0.3) is 0 Å². The summed E-state index contributed by atoms with van der Waals surface area (Å²) in [6.07, 6.45) is 4.77. The highest BCUT2D eigenvalue weighted by atomic mass is 32.1. The van der Waals surface area contributed by atoms with Gasteiger partial charge in [-0.25, -0.2) is 4.98 Å². The van der Waals surface area contributed by atoms with E-state index >= 15 is 0 Å². The van der Waals surface area contributed by atoms with Gasteiger partial charge in [0.2, 0.25) is 0 Å². The van der Waals surface area contributed by atoms with Crippen molar-refractivity contribution in [2.45, 2.75) is 58.4 Å². The summed E-state index contributed by atoms with van der Waals surface area (Å²) >= 11 is 1.61. The number of likely N-dealkylation sites (tertiary alicyclic amines) is 1. The molecule has 0 atom stereocenters. The molecule has 0 aromatic carbocycles. The molecule has 1 aromatic rings. The smallest absolute Gasteiger partial charge is 0.159 e. The number of carbonyl (C=O) groups is 1. The molecular weight excluding hydrogens is 256 g/mol. The second-order valence-corrected chi connectivity index (χ2v) is 6.36. The molecule has 0 N–H and O–H groups in total. The highest BCUT2D eigenvalue weighted by molar-refractivity contribution is 7.09. The molecule has 0 spiro atoms. The summed E-state index contributed by atoms with van der Waals surface area (Å²) in [6.45, 7) is 8.42. The second-order valence-electron chi connectivity index (χ2n) is 5.42. The van der Waals surface area contributed by atoms with Crippen molar-refractivity contribution in [3.63, 3.8) is 0 Å². The molecule has 1 aliphatic heterocycles. The lowest BCUT2D eigenvalue weighted by atomic mass is 9.84. The van der Waals surface area contributed by atoms with Gasteiger partial charge in [-0.15, -0.1) is 11.3 Å². The summed E-state index contributed by atoms with van der Waals surface area (Å²) in [5.41, 5.74) is 0.767. The lowest BCUT2D eigenvalue weighted by Crippen LogP contribution is -2.53. The zero-order valence-electron chi connectivity index (χ0n) is 12.2. The van der Waals surface area contributed by atoms with Crippen LogP contribution in [0.2, 0.25) is 0 Å². The minimum atomic E-state index is -0.254. The third kappa shape index (κ3) is 2.90. The van der Waals surface area contributed by atoms with Crippen LogP contribution in [0.3, 0.4) is 0 Å². The SMILES string of the molecule is CCC(CC)(C(=O)Cc1nc(C)cs1)N1CCCC1. The van der Waals surface area contributed by atoms with E-state index in [1.165, 1.54) is 12.8 Å². The van der Waals surface area contributed by atoms with E-state index in [-0.39, 0.29) is 5.54 Å². The predicted molar refractivity (Wildman–Crippen MR) is 79.7 cm³/mol. The summed E-state index contributed by atoms with van der Waals surface area (Å²) in [6, 6.07) is 0. The van der Waals surface area contributed by atoms with Gasteiger partial charge in [-0.2, -0.15) is 0 Å². The average molecular weight is 280 g/mol. The van der Waals surface area contributed by atoms with Crippen LogP contribution in [0, 0.1) is 6.92 Å². The fourth-order valence-corrected chi connectivity index (χ4v) is 3.97. The standard InChI is InChI=1S/C15H24N2OS/c1-4-15(5-2,17-8-6-7-9-17)13(18)10-14-16-12(3)11-19-14/h11H,4-10H2,1-3H3. The Hall–Kier alpha value is -0.740. The van der Waals surface area contributed by atoms with Crippen LogP contribution in [-0.4, -0.2) is 34.3 Å². The lowest BCUT2D eigenvalue weighted by Gasteiger charge is -2.39. The molecule has 1 fully saturated rings. The van der Waals surface area contributed by atoms with Gasteiger partial charge >= 0.3 is 0 Å². The fraction of sp³-hybridized carbons (Fsp3) is 0.733. The summed E-state index contributed by atoms with van der Waals surface area (Å²) in [5, 5.41) is 2.99. The Balaban J connectivity index is 2.15. The van der Waals surface area contributed by atoms with E-state index < -0.39 is 0 Å². The lowest BCUT2D eigenvalue weighted by molar-refractivity contribution is -0.130. The van der Waals surface area contributed by atoms with Crippen molar-refractivity contribution in [1.29, 1.82) is 0 Å². The Kier molecular flexibility index (Phi) is 4.74. The number of thiazole rings is 1. The Labute approximate surface area is 120 Å². The number of carbonyl (C=O) groups excluding carboxylic acids is 1. The highest BCUT2D eigenvalue weighted by Gasteiger charge is 2.41. The van der Waals surface area contributed by atoms with Crippen molar-refractivity contribution in [3.8, 4) is 0 Å². The molecule has 1 aliphatic rings. The van der Waals surface area contributed by atoms with Crippen molar-refractivity contribution in [2.24, 2.45) is 0 Å². The first-order chi connectivity index (χ1) is 9.12. The zero-order chi connectivity index (χ0) is 13.9. The number of nitrogens with zero attached hydrogens (tertiary/aromatic N) is 2. The summed E-state index contributed by atoms with van der Waals surface area (Å²) in [7, 11) is 0. The topological polar surface area (TPSA) is 33.2 Å². The number of Topliss-reactive ketones (excluding diaryl/α,β-unsaturated/α-hetero) is 1. The Morgan fingerprint density at radius 1 is 1.37 bits per heavy atom. The van der Waals surface area contributed by atoms with Crippen LogP contribution in [-0.2, 0) is 11.2 Å². The van der Waals surface area contributed by atoms with Crippen molar-refractivity contribution in [2.75, 3.05) is 13.1 Å². The Bertz CT molecular complexity index is 431. The Morgan fingerprint density at radius 3 is 2.47 bits per heavy atom. The quantitative estimate of drug-likeness (QED) is 0.802. The van der Waals surface area contributed by atoms with E-state index in [1.54, 1.807) is 11.3 Å². The number of rotatable bonds is 6. The molecule has 0 aliphatic carbocycles. The maximum atomic E-state index is 12.8. The van der Waals surface area contributed by atoms with E-state index in [9.17, 15) is 4.79 Å². The number of aromatic nitrogens is 1. The molecule has 19 heavy (non-hydrogen) atoms. The van der Waals surface area contributed by atoms with Crippen molar-refractivity contribution in [1.82, 2.24) is 9.88 Å². The van der Waals surface area contributed by atoms with E-state index in [4.69, 9.17) is 0 Å². The van der Waals surface area contributed by atoms with Crippen LogP contribution in [0.5, 0.6) is 0 Å². The summed E-state index contributed by atoms with van der Waals surface area (Å²) < 4.78 is 0. The first kappa shape index (κ1) is 14.7. The van der Waals surface area contributed by atoms with Gasteiger partial charge in [-0.3, -0.25) is 9.69 Å². The van der Waals surface area contributed by atoms with Crippen molar-refractivity contribution < 1.29 is 4.79 Å². The third-order valence-corrected chi connectivity index (χ3v) is 5.35. The van der Waals surface area contributed by atoms with Crippen LogP contribution in [0.15, 0.2) is 5.38 Å². The fourth-order valence-electron chi connectivity index (χ4n) is 3.20. The van der Waals surface area contributed by atoms with Crippen molar-refractivity contribution >= 4 is 17.1 Å². The van der Waals surface area contributed by atoms with Gasteiger partial charge in [0.1, 0.15) is 5.01 Å². The molecule has 1 aromatic heterocycles. The molecule has 3 nitrogen and oxygen atoms in total. The van der Waals surface area contributed by atoms with E-state index in [1.807, 2.05) is 12.3 Å². The molecule has 2 rings (SSSR count). The van der Waals surface area contributed by atoms with E-state index in [0.29, 0.717) is 12.2 Å². The van der Waals surface area contributed by atoms with Crippen LogP contribution >= 0.6 is 11.3 Å². The molecule has 0 amide bonds. The largest absolute Gasteiger partial charge is 0.297 e.